The predicted octanol–water partition coefficient (Wildman–Crippen LogP) is 4.08. The van der Waals surface area contributed by atoms with Crippen molar-refractivity contribution < 1.29 is 4.52 Å². The van der Waals surface area contributed by atoms with Gasteiger partial charge >= 0.3 is 0 Å². The second-order valence-corrected chi connectivity index (χ2v) is 6.56. The van der Waals surface area contributed by atoms with Gasteiger partial charge in [-0.2, -0.15) is 4.98 Å². The average Bonchev–Trinajstić information content (AvgIpc) is 2.92. The first-order valence-corrected chi connectivity index (χ1v) is 7.76. The van der Waals surface area contributed by atoms with E-state index in [9.17, 15) is 0 Å². The monoisotopic (exact) mass is 321 g/mol. The van der Waals surface area contributed by atoms with Crippen molar-refractivity contribution in [3.05, 3.63) is 35.7 Å². The van der Waals surface area contributed by atoms with E-state index in [0.717, 1.165) is 23.4 Å². The van der Waals surface area contributed by atoms with Crippen LogP contribution in [-0.4, -0.2) is 10.1 Å². The smallest absolute Gasteiger partial charge is 0.233 e. The first-order valence-electron chi connectivity index (χ1n) is 7.76. The van der Waals surface area contributed by atoms with Gasteiger partial charge in [-0.05, 0) is 30.7 Å². The van der Waals surface area contributed by atoms with Gasteiger partial charge in [-0.15, -0.1) is 12.4 Å². The highest BCUT2D eigenvalue weighted by Gasteiger charge is 2.44. The molecule has 0 saturated heterocycles. The topological polar surface area (TPSA) is 64.9 Å². The quantitative estimate of drug-likeness (QED) is 0.901. The zero-order valence-electron chi connectivity index (χ0n) is 13.2. The maximum Gasteiger partial charge on any atom is 0.233 e. The number of hydrogen-bond acceptors (Lipinski definition) is 4. The van der Waals surface area contributed by atoms with Crippen LogP contribution in [0.2, 0.25) is 0 Å². The molecule has 1 aromatic heterocycles. The standard InChI is InChI=1S/C17H23N3O.ClH/c1-12(2)10-17(8-3-9-17)16-19-15(20-21-16)14-6-4-13(11-18)5-7-14;/h4-7,12H,3,8-11,18H2,1-2H3;1H. The summed E-state index contributed by atoms with van der Waals surface area (Å²) in [5, 5.41) is 4.18. The van der Waals surface area contributed by atoms with Crippen molar-refractivity contribution in [3.63, 3.8) is 0 Å². The zero-order chi connectivity index (χ0) is 14.9. The van der Waals surface area contributed by atoms with Gasteiger partial charge in [-0.25, -0.2) is 0 Å². The summed E-state index contributed by atoms with van der Waals surface area (Å²) in [6.45, 7) is 5.06. The molecule has 0 spiro atoms. The summed E-state index contributed by atoms with van der Waals surface area (Å²) in [5.74, 6) is 2.15. The van der Waals surface area contributed by atoms with Crippen LogP contribution in [0.1, 0.15) is 51.0 Å². The fourth-order valence-electron chi connectivity index (χ4n) is 3.24. The summed E-state index contributed by atoms with van der Waals surface area (Å²) in [6, 6.07) is 8.04. The number of rotatable bonds is 5. The van der Waals surface area contributed by atoms with Crippen LogP contribution in [0.3, 0.4) is 0 Å². The summed E-state index contributed by atoms with van der Waals surface area (Å²) in [6.07, 6.45) is 4.72. The van der Waals surface area contributed by atoms with Gasteiger partial charge in [0.2, 0.25) is 11.7 Å². The molecule has 1 fully saturated rings. The van der Waals surface area contributed by atoms with Gasteiger partial charge < -0.3 is 10.3 Å². The van der Waals surface area contributed by atoms with Crippen LogP contribution in [0, 0.1) is 5.92 Å². The highest BCUT2D eigenvalue weighted by molar-refractivity contribution is 5.85. The van der Waals surface area contributed by atoms with Gasteiger partial charge in [0.1, 0.15) is 0 Å². The predicted molar refractivity (Wildman–Crippen MR) is 89.9 cm³/mol. The normalized spacial score (nSPS) is 16.2. The number of halogens is 1. The van der Waals surface area contributed by atoms with Crippen LogP contribution in [0.15, 0.2) is 28.8 Å². The summed E-state index contributed by atoms with van der Waals surface area (Å²) in [7, 11) is 0. The molecule has 2 aromatic rings. The lowest BCUT2D eigenvalue weighted by atomic mass is 9.64. The number of benzene rings is 1. The largest absolute Gasteiger partial charge is 0.338 e. The third kappa shape index (κ3) is 3.18. The van der Waals surface area contributed by atoms with Gasteiger partial charge in [0.15, 0.2) is 0 Å². The summed E-state index contributed by atoms with van der Waals surface area (Å²) in [4.78, 5) is 4.67. The van der Waals surface area contributed by atoms with E-state index >= 15 is 0 Å². The minimum Gasteiger partial charge on any atom is -0.338 e. The Morgan fingerprint density at radius 3 is 2.41 bits per heavy atom. The molecule has 5 heteroatoms. The summed E-state index contributed by atoms with van der Waals surface area (Å²) in [5.41, 5.74) is 7.84. The molecule has 1 aromatic carbocycles. The van der Waals surface area contributed by atoms with Crippen LogP contribution >= 0.6 is 12.4 Å². The van der Waals surface area contributed by atoms with E-state index in [1.807, 2.05) is 24.3 Å². The second kappa shape index (κ2) is 6.80. The minimum absolute atomic E-state index is 0. The molecule has 1 aliphatic rings. The molecular formula is C17H24ClN3O. The van der Waals surface area contributed by atoms with Gasteiger partial charge in [0.05, 0.1) is 0 Å². The molecule has 22 heavy (non-hydrogen) atoms. The van der Waals surface area contributed by atoms with Crippen LogP contribution in [0.5, 0.6) is 0 Å². The SMILES string of the molecule is CC(C)CC1(c2nc(-c3ccc(CN)cc3)no2)CCC1.Cl. The molecule has 3 rings (SSSR count). The Bertz CT molecular complexity index is 603. The fraction of sp³-hybridized carbons (Fsp3) is 0.529. The third-order valence-corrected chi connectivity index (χ3v) is 4.44. The number of hydrogen-bond donors (Lipinski definition) is 1. The Hall–Kier alpha value is -1.39. The van der Waals surface area contributed by atoms with E-state index in [-0.39, 0.29) is 17.8 Å². The number of nitrogens with zero attached hydrogens (tertiary/aromatic N) is 2. The Morgan fingerprint density at radius 2 is 1.91 bits per heavy atom. The molecule has 1 heterocycles. The Kier molecular flexibility index (Phi) is 5.24. The molecule has 0 amide bonds. The lowest BCUT2D eigenvalue weighted by molar-refractivity contribution is 0.144. The summed E-state index contributed by atoms with van der Waals surface area (Å²) >= 11 is 0. The highest BCUT2D eigenvalue weighted by atomic mass is 35.5. The maximum atomic E-state index is 5.62. The zero-order valence-corrected chi connectivity index (χ0v) is 14.0. The van der Waals surface area contributed by atoms with Crippen LogP contribution < -0.4 is 5.73 Å². The molecule has 0 unspecified atom stereocenters. The van der Waals surface area contributed by atoms with E-state index in [0.29, 0.717) is 18.3 Å². The van der Waals surface area contributed by atoms with Crippen molar-refractivity contribution in [1.82, 2.24) is 10.1 Å². The number of nitrogens with two attached hydrogens (primary N) is 1. The first kappa shape index (κ1) is 17.0. The molecule has 0 radical (unpaired) electrons. The van der Waals surface area contributed by atoms with Gasteiger partial charge in [-0.1, -0.05) is 49.7 Å². The van der Waals surface area contributed by atoms with Crippen molar-refractivity contribution in [2.24, 2.45) is 11.7 Å². The Morgan fingerprint density at radius 1 is 1.23 bits per heavy atom. The molecule has 4 nitrogen and oxygen atoms in total. The van der Waals surface area contributed by atoms with Crippen molar-refractivity contribution in [2.75, 3.05) is 0 Å². The van der Waals surface area contributed by atoms with Crippen molar-refractivity contribution in [2.45, 2.75) is 51.5 Å². The third-order valence-electron chi connectivity index (χ3n) is 4.44. The lowest BCUT2D eigenvalue weighted by Crippen LogP contribution is -2.36. The van der Waals surface area contributed by atoms with Crippen molar-refractivity contribution in [3.8, 4) is 11.4 Å². The van der Waals surface area contributed by atoms with Crippen LogP contribution in [0.4, 0.5) is 0 Å². The van der Waals surface area contributed by atoms with E-state index in [4.69, 9.17) is 10.3 Å². The molecule has 0 atom stereocenters. The molecule has 2 N–H and O–H groups in total. The van der Waals surface area contributed by atoms with Crippen LogP contribution in [0.25, 0.3) is 11.4 Å². The van der Waals surface area contributed by atoms with Crippen molar-refractivity contribution >= 4 is 12.4 Å². The number of aromatic nitrogens is 2. The van der Waals surface area contributed by atoms with E-state index in [2.05, 4.69) is 24.0 Å². The molecule has 0 aliphatic heterocycles. The summed E-state index contributed by atoms with van der Waals surface area (Å²) < 4.78 is 5.60. The Labute approximate surface area is 137 Å². The first-order chi connectivity index (χ1) is 10.1. The van der Waals surface area contributed by atoms with E-state index in [1.165, 1.54) is 19.3 Å². The van der Waals surface area contributed by atoms with Gasteiger partial charge in [0, 0.05) is 17.5 Å². The molecule has 1 saturated carbocycles. The van der Waals surface area contributed by atoms with Crippen molar-refractivity contribution in [1.29, 1.82) is 0 Å². The van der Waals surface area contributed by atoms with Gasteiger partial charge in [0.25, 0.3) is 0 Å². The maximum absolute atomic E-state index is 5.62. The van der Waals surface area contributed by atoms with E-state index < -0.39 is 0 Å². The van der Waals surface area contributed by atoms with Gasteiger partial charge in [-0.3, -0.25) is 0 Å². The average molecular weight is 322 g/mol. The molecule has 120 valence electrons. The van der Waals surface area contributed by atoms with Crippen LogP contribution in [-0.2, 0) is 12.0 Å². The minimum atomic E-state index is 0. The highest BCUT2D eigenvalue weighted by Crippen LogP contribution is 2.47. The lowest BCUT2D eigenvalue weighted by Gasteiger charge is -2.39. The second-order valence-electron chi connectivity index (χ2n) is 6.56. The Balaban J connectivity index is 0.00000176. The molecule has 0 bridgehead atoms. The fourth-order valence-corrected chi connectivity index (χ4v) is 3.24. The van der Waals surface area contributed by atoms with E-state index in [1.54, 1.807) is 0 Å². The molecule has 1 aliphatic carbocycles. The molecular weight excluding hydrogens is 298 g/mol.